The van der Waals surface area contributed by atoms with Crippen molar-refractivity contribution in [1.29, 1.82) is 0 Å². The number of hydrogen-bond acceptors (Lipinski definition) is 4. The normalized spacial score (nSPS) is 13.4. The summed E-state index contributed by atoms with van der Waals surface area (Å²) >= 11 is 0. The van der Waals surface area contributed by atoms with Gasteiger partial charge in [0.1, 0.15) is 0 Å². The van der Waals surface area contributed by atoms with E-state index in [4.69, 9.17) is 9.79 Å². The number of hydrogen-bond donors (Lipinski definition) is 4. The summed E-state index contributed by atoms with van der Waals surface area (Å²) in [5.41, 5.74) is 0. The number of unbranched alkanes of at least 4 members (excludes halogenated alkanes) is 29. The monoisotopic (exact) mass is 702 g/mol. The molecule has 0 radical (unpaired) electrons. The molecule has 0 aromatic heterocycles. The summed E-state index contributed by atoms with van der Waals surface area (Å²) in [6, 6.07) is -0.904. The van der Waals surface area contributed by atoms with Crippen LogP contribution in [-0.4, -0.2) is 39.6 Å². The standard InChI is InChI=1S/C40H80NO6P/c1-3-5-7-9-11-13-15-17-18-19-20-21-22-23-24-26-28-30-32-34-36-40(43)41-38(37-47-48(44,45)46)39(42)35-33-31-29-27-25-16-14-12-10-8-6-4-2/h33,35,38-39,42H,3-32,34,36-37H2,1-2H3,(H,41,43)(H2,44,45,46)/b35-33+/t38-,39+/m0/s1. The molecule has 2 atom stereocenters. The molecule has 0 unspecified atom stereocenters. The highest BCUT2D eigenvalue weighted by atomic mass is 31.2. The Morgan fingerprint density at radius 1 is 0.583 bits per heavy atom. The SMILES string of the molecule is CCCCCCCCCCCC/C=C/[C@@H](O)[C@H](COP(=O)(O)O)NC(=O)CCCCCCCCCCCCCCCCCCCCCC. The Kier molecular flexibility index (Phi) is 35.5. The Morgan fingerprint density at radius 2 is 0.917 bits per heavy atom. The second-order valence-corrected chi connectivity index (χ2v) is 15.6. The first-order chi connectivity index (χ1) is 23.3. The van der Waals surface area contributed by atoms with E-state index in [-0.39, 0.29) is 5.91 Å². The van der Waals surface area contributed by atoms with Gasteiger partial charge in [0.25, 0.3) is 0 Å². The maximum Gasteiger partial charge on any atom is 0.469 e. The smallest absolute Gasteiger partial charge is 0.387 e. The molecule has 1 amide bonds. The lowest BCUT2D eigenvalue weighted by atomic mass is 10.0. The second-order valence-electron chi connectivity index (χ2n) is 14.3. The van der Waals surface area contributed by atoms with Gasteiger partial charge in [-0.2, -0.15) is 0 Å². The van der Waals surface area contributed by atoms with Crippen LogP contribution in [0, 0.1) is 0 Å². The Balaban J connectivity index is 3.89. The number of phosphoric acid groups is 1. The van der Waals surface area contributed by atoms with E-state index in [0.29, 0.717) is 6.42 Å². The zero-order valence-corrected chi connectivity index (χ0v) is 32.6. The van der Waals surface area contributed by atoms with Gasteiger partial charge in [-0.25, -0.2) is 4.57 Å². The zero-order chi connectivity index (χ0) is 35.4. The van der Waals surface area contributed by atoms with Crippen LogP contribution in [0.1, 0.15) is 219 Å². The quantitative estimate of drug-likeness (QED) is 0.0289. The van der Waals surface area contributed by atoms with Crippen molar-refractivity contribution in [1.82, 2.24) is 5.32 Å². The fourth-order valence-corrected chi connectivity index (χ4v) is 6.70. The number of nitrogens with one attached hydrogen (secondary N) is 1. The lowest BCUT2D eigenvalue weighted by Gasteiger charge is -2.22. The molecule has 48 heavy (non-hydrogen) atoms. The predicted molar refractivity (Wildman–Crippen MR) is 204 cm³/mol. The average molecular weight is 702 g/mol. The minimum Gasteiger partial charge on any atom is -0.387 e. The highest BCUT2D eigenvalue weighted by molar-refractivity contribution is 7.46. The number of aliphatic hydroxyl groups is 1. The molecule has 8 heteroatoms. The number of carbonyl (C=O) groups is 1. The highest BCUT2D eigenvalue weighted by Gasteiger charge is 2.24. The van der Waals surface area contributed by atoms with E-state index in [1.54, 1.807) is 6.08 Å². The van der Waals surface area contributed by atoms with Gasteiger partial charge >= 0.3 is 7.82 Å². The van der Waals surface area contributed by atoms with Gasteiger partial charge in [0.2, 0.25) is 5.91 Å². The van der Waals surface area contributed by atoms with Crippen molar-refractivity contribution < 1.29 is 28.8 Å². The number of carbonyl (C=O) groups excluding carboxylic acids is 1. The first kappa shape index (κ1) is 47.3. The summed E-state index contributed by atoms with van der Waals surface area (Å²) in [4.78, 5) is 30.8. The Morgan fingerprint density at radius 3 is 1.27 bits per heavy atom. The van der Waals surface area contributed by atoms with Gasteiger partial charge in [-0.1, -0.05) is 206 Å². The minimum atomic E-state index is -4.71. The van der Waals surface area contributed by atoms with Gasteiger partial charge in [-0.15, -0.1) is 0 Å². The summed E-state index contributed by atoms with van der Waals surface area (Å²) in [7, 11) is -4.71. The van der Waals surface area contributed by atoms with Gasteiger partial charge in [0.15, 0.2) is 0 Å². The van der Waals surface area contributed by atoms with Crippen LogP contribution in [0.4, 0.5) is 0 Å². The van der Waals surface area contributed by atoms with Crippen molar-refractivity contribution in [3.8, 4) is 0 Å². The number of rotatable bonds is 38. The molecule has 0 rings (SSSR count). The van der Waals surface area contributed by atoms with Crippen LogP contribution in [-0.2, 0) is 13.9 Å². The summed E-state index contributed by atoms with van der Waals surface area (Å²) in [6.07, 6.45) is 42.4. The van der Waals surface area contributed by atoms with Gasteiger partial charge < -0.3 is 20.2 Å². The number of amides is 1. The lowest BCUT2D eigenvalue weighted by Crippen LogP contribution is -2.45. The molecule has 0 bridgehead atoms. The largest absolute Gasteiger partial charge is 0.469 e. The molecule has 7 nitrogen and oxygen atoms in total. The highest BCUT2D eigenvalue weighted by Crippen LogP contribution is 2.35. The van der Waals surface area contributed by atoms with E-state index in [0.717, 1.165) is 38.5 Å². The first-order valence-electron chi connectivity index (χ1n) is 20.6. The van der Waals surface area contributed by atoms with E-state index in [1.807, 2.05) is 6.08 Å². The van der Waals surface area contributed by atoms with Gasteiger partial charge in [-0.3, -0.25) is 9.32 Å². The number of phosphoric ester groups is 1. The molecular weight excluding hydrogens is 621 g/mol. The Hall–Kier alpha value is -0.720. The van der Waals surface area contributed by atoms with Gasteiger partial charge in [0, 0.05) is 6.42 Å². The number of aliphatic hydroxyl groups excluding tert-OH is 1. The Labute approximate surface area is 297 Å². The maximum atomic E-state index is 12.6. The van der Waals surface area contributed by atoms with Crippen LogP contribution in [0.15, 0.2) is 12.2 Å². The molecule has 0 saturated heterocycles. The summed E-state index contributed by atoms with van der Waals surface area (Å²) in [6.45, 7) is 4.07. The van der Waals surface area contributed by atoms with E-state index < -0.39 is 26.6 Å². The average Bonchev–Trinajstić information content (AvgIpc) is 3.05. The molecule has 0 fully saturated rings. The molecule has 4 N–H and O–H groups in total. The van der Waals surface area contributed by atoms with Gasteiger partial charge in [0.05, 0.1) is 18.8 Å². The molecular formula is C40H80NO6P. The van der Waals surface area contributed by atoms with Crippen LogP contribution in [0.2, 0.25) is 0 Å². The third-order valence-electron chi connectivity index (χ3n) is 9.50. The Bertz CT molecular complexity index is 758. The molecule has 286 valence electrons. The molecule has 0 aliphatic heterocycles. The van der Waals surface area contributed by atoms with E-state index >= 15 is 0 Å². The molecule has 0 spiro atoms. The molecule has 0 aromatic rings. The predicted octanol–water partition coefficient (Wildman–Crippen LogP) is 12.0. The summed E-state index contributed by atoms with van der Waals surface area (Å²) in [5.74, 6) is -0.223. The maximum absolute atomic E-state index is 12.6. The topological polar surface area (TPSA) is 116 Å². The third kappa shape index (κ3) is 36.6. The van der Waals surface area contributed by atoms with Crippen molar-refractivity contribution in [2.45, 2.75) is 231 Å². The molecule has 0 aromatic carbocycles. The second kappa shape index (κ2) is 36.1. The van der Waals surface area contributed by atoms with Crippen molar-refractivity contribution >= 4 is 13.7 Å². The fourth-order valence-electron chi connectivity index (χ4n) is 6.34. The van der Waals surface area contributed by atoms with E-state index in [9.17, 15) is 14.5 Å². The molecule has 0 aliphatic carbocycles. The van der Waals surface area contributed by atoms with Crippen molar-refractivity contribution in [2.24, 2.45) is 0 Å². The molecule has 0 heterocycles. The molecule has 0 aliphatic rings. The van der Waals surface area contributed by atoms with Crippen LogP contribution in [0.3, 0.4) is 0 Å². The molecule has 0 saturated carbocycles. The minimum absolute atomic E-state index is 0.223. The van der Waals surface area contributed by atoms with Crippen LogP contribution in [0.25, 0.3) is 0 Å². The summed E-state index contributed by atoms with van der Waals surface area (Å²) < 4.78 is 15.9. The first-order valence-corrected chi connectivity index (χ1v) is 22.2. The van der Waals surface area contributed by atoms with Gasteiger partial charge in [-0.05, 0) is 19.3 Å². The lowest BCUT2D eigenvalue weighted by molar-refractivity contribution is -0.123. The van der Waals surface area contributed by atoms with Crippen LogP contribution >= 0.6 is 7.82 Å². The van der Waals surface area contributed by atoms with Crippen molar-refractivity contribution in [3.05, 3.63) is 12.2 Å². The van der Waals surface area contributed by atoms with E-state index in [2.05, 4.69) is 23.7 Å². The van der Waals surface area contributed by atoms with Crippen LogP contribution < -0.4 is 5.32 Å². The summed E-state index contributed by atoms with van der Waals surface area (Å²) in [5, 5.41) is 13.4. The van der Waals surface area contributed by atoms with Crippen molar-refractivity contribution in [3.63, 3.8) is 0 Å². The third-order valence-corrected chi connectivity index (χ3v) is 9.98. The zero-order valence-electron chi connectivity index (χ0n) is 31.7. The fraction of sp³-hybridized carbons (Fsp3) is 0.925. The number of allylic oxidation sites excluding steroid dienone is 1. The van der Waals surface area contributed by atoms with E-state index in [1.165, 1.54) is 161 Å². The van der Waals surface area contributed by atoms with Crippen LogP contribution in [0.5, 0.6) is 0 Å². The van der Waals surface area contributed by atoms with Crippen molar-refractivity contribution in [2.75, 3.05) is 6.61 Å².